The fourth-order valence-corrected chi connectivity index (χ4v) is 6.49. The summed E-state index contributed by atoms with van der Waals surface area (Å²) >= 11 is 12.5. The Morgan fingerprint density at radius 3 is 1.29 bits per heavy atom. The predicted molar refractivity (Wildman–Crippen MR) is 164 cm³/mol. The van der Waals surface area contributed by atoms with E-state index in [-0.39, 0.29) is 55.5 Å². The average Bonchev–Trinajstić information content (AvgIpc) is 3.39. The van der Waals surface area contributed by atoms with Crippen molar-refractivity contribution in [3.63, 3.8) is 0 Å². The van der Waals surface area contributed by atoms with Crippen LogP contribution in [0.2, 0.25) is 0 Å². The third-order valence-corrected chi connectivity index (χ3v) is 8.89. The first-order chi connectivity index (χ1) is 19.9. The van der Waals surface area contributed by atoms with Gasteiger partial charge in [0.05, 0.1) is 20.9 Å². The van der Waals surface area contributed by atoms with Crippen molar-refractivity contribution in [1.29, 1.82) is 0 Å². The second kappa shape index (κ2) is 13.2. The third kappa shape index (κ3) is 7.20. The quantitative estimate of drug-likeness (QED) is 0.220. The fourth-order valence-electron chi connectivity index (χ4n) is 3.72. The van der Waals surface area contributed by atoms with Crippen LogP contribution in [-0.2, 0) is 19.2 Å². The van der Waals surface area contributed by atoms with Crippen LogP contribution >= 0.6 is 48.0 Å². The zero-order valence-corrected chi connectivity index (χ0v) is 24.6. The molecular formula is C26H20N4O8S4. The Kier molecular flexibility index (Phi) is 9.72. The fraction of sp³-hybridized carbons (Fsp3) is 0.154. The highest BCUT2D eigenvalue weighted by molar-refractivity contribution is 8.29. The molecule has 0 unspecified atom stereocenters. The zero-order chi connectivity index (χ0) is 30.6. The second-order valence-electron chi connectivity index (χ2n) is 8.67. The number of thiocarbonyl (C=S) groups is 2. The first kappa shape index (κ1) is 30.8. The lowest BCUT2D eigenvalue weighted by atomic mass is 10.2. The van der Waals surface area contributed by atoms with Gasteiger partial charge in [-0.3, -0.25) is 29.0 Å². The van der Waals surface area contributed by atoms with E-state index in [1.165, 1.54) is 58.3 Å². The molecule has 42 heavy (non-hydrogen) atoms. The lowest BCUT2D eigenvalue weighted by Crippen LogP contribution is -2.33. The van der Waals surface area contributed by atoms with Crippen LogP contribution in [0.1, 0.15) is 33.6 Å². The molecule has 2 aromatic rings. The van der Waals surface area contributed by atoms with Gasteiger partial charge in [0.25, 0.3) is 11.8 Å². The molecule has 216 valence electrons. The van der Waals surface area contributed by atoms with Crippen LogP contribution < -0.4 is 10.6 Å². The molecule has 2 aliphatic rings. The minimum atomic E-state index is -1.09. The van der Waals surface area contributed by atoms with Crippen LogP contribution in [-0.4, -0.2) is 77.3 Å². The van der Waals surface area contributed by atoms with Crippen molar-refractivity contribution in [1.82, 2.24) is 9.80 Å². The molecule has 4 amide bonds. The molecule has 0 saturated carbocycles. The van der Waals surface area contributed by atoms with Crippen molar-refractivity contribution in [2.24, 2.45) is 0 Å². The van der Waals surface area contributed by atoms with Gasteiger partial charge in [0.2, 0.25) is 11.8 Å². The summed E-state index contributed by atoms with van der Waals surface area (Å²) < 4.78 is 0.347. The highest BCUT2D eigenvalue weighted by Crippen LogP contribution is 2.42. The Hall–Kier alpha value is -4.12. The molecule has 0 atom stereocenters. The molecular weight excluding hydrogens is 625 g/mol. The zero-order valence-electron chi connectivity index (χ0n) is 21.3. The summed E-state index contributed by atoms with van der Waals surface area (Å²) in [6.07, 6.45) is -0.203. The van der Waals surface area contributed by atoms with Crippen molar-refractivity contribution in [3.8, 4) is 0 Å². The van der Waals surface area contributed by atoms with Crippen LogP contribution in [0.25, 0.3) is 0 Å². The van der Waals surface area contributed by atoms with Gasteiger partial charge in [-0.2, -0.15) is 0 Å². The number of carboxylic acids is 2. The van der Waals surface area contributed by atoms with Gasteiger partial charge in [-0.25, -0.2) is 9.59 Å². The molecule has 12 nitrogen and oxygen atoms in total. The van der Waals surface area contributed by atoms with E-state index in [1.807, 2.05) is 0 Å². The topological polar surface area (TPSA) is 173 Å². The Balaban J connectivity index is 1.32. The maximum atomic E-state index is 13.1. The highest BCUT2D eigenvalue weighted by Gasteiger charge is 2.42. The van der Waals surface area contributed by atoms with Crippen LogP contribution in [0.3, 0.4) is 0 Å². The number of amides is 4. The summed E-state index contributed by atoms with van der Waals surface area (Å²) in [5, 5.41) is 23.2. The molecule has 4 N–H and O–H groups in total. The lowest BCUT2D eigenvalue weighted by molar-refractivity contribution is -0.125. The van der Waals surface area contributed by atoms with Gasteiger partial charge in [0.15, 0.2) is 0 Å². The number of carboxylic acid groups (broad SMARTS) is 2. The number of anilines is 2. The lowest BCUT2D eigenvalue weighted by Gasteiger charge is -2.15. The summed E-state index contributed by atoms with van der Waals surface area (Å²) in [5.41, 5.74) is 0.931. The van der Waals surface area contributed by atoms with E-state index in [1.54, 1.807) is 0 Å². The van der Waals surface area contributed by atoms with Crippen molar-refractivity contribution in [3.05, 3.63) is 69.5 Å². The Morgan fingerprint density at radius 1 is 0.643 bits per heavy atom. The van der Waals surface area contributed by atoms with E-state index in [9.17, 15) is 28.8 Å². The predicted octanol–water partition coefficient (Wildman–Crippen LogP) is 3.37. The number of rotatable bonds is 10. The molecule has 0 bridgehead atoms. The van der Waals surface area contributed by atoms with Crippen molar-refractivity contribution < 1.29 is 39.0 Å². The van der Waals surface area contributed by atoms with Crippen LogP contribution in [0.4, 0.5) is 11.4 Å². The monoisotopic (exact) mass is 644 g/mol. The van der Waals surface area contributed by atoms with E-state index in [0.29, 0.717) is 11.4 Å². The standard InChI is InChI=1S/C26H20N4O8S4/c31-17(27-15-5-1-13(2-6-15)23(35)36)9-11-29-21(33)19(41-25(29)39)20-22(34)30(26(40)42-20)12-10-18(32)28-16-7-3-14(4-8-16)24(37)38/h1-8H,9-12H2,(H,27,31)(H,28,32)(H,35,36)(H,37,38)/b20-19+. The number of nitrogens with one attached hydrogen (secondary N) is 2. The van der Waals surface area contributed by atoms with E-state index in [0.717, 1.165) is 23.5 Å². The number of aromatic carboxylic acids is 2. The van der Waals surface area contributed by atoms with E-state index in [4.69, 9.17) is 34.6 Å². The second-order valence-corrected chi connectivity index (χ2v) is 12.0. The smallest absolute Gasteiger partial charge is 0.335 e. The number of carbonyl (C=O) groups is 6. The first-order valence-electron chi connectivity index (χ1n) is 12.0. The van der Waals surface area contributed by atoms with Gasteiger partial charge in [0, 0.05) is 37.3 Å². The Bertz CT molecular complexity index is 1440. The molecule has 0 spiro atoms. The minimum Gasteiger partial charge on any atom is -0.478 e. The molecule has 2 fully saturated rings. The summed E-state index contributed by atoms with van der Waals surface area (Å²) in [4.78, 5) is 75.6. The van der Waals surface area contributed by atoms with Gasteiger partial charge < -0.3 is 20.8 Å². The molecule has 2 aliphatic heterocycles. The summed E-state index contributed by atoms with van der Waals surface area (Å²) in [6, 6.07) is 11.2. The van der Waals surface area contributed by atoms with Gasteiger partial charge in [-0.15, -0.1) is 0 Å². The molecule has 0 radical (unpaired) electrons. The maximum Gasteiger partial charge on any atom is 0.335 e. The summed E-state index contributed by atoms with van der Waals surface area (Å²) in [7, 11) is 0. The third-order valence-electron chi connectivity index (χ3n) is 5.86. The molecule has 2 saturated heterocycles. The Labute approximate surface area is 257 Å². The van der Waals surface area contributed by atoms with Gasteiger partial charge in [-0.05, 0) is 48.5 Å². The average molecular weight is 645 g/mol. The normalized spacial score (nSPS) is 16.7. The van der Waals surface area contributed by atoms with Gasteiger partial charge >= 0.3 is 11.9 Å². The first-order valence-corrected chi connectivity index (χ1v) is 14.5. The SMILES string of the molecule is O=C(CCN1C(=O)/C(=C2\SC(=S)N(CCC(=O)Nc3ccc(C(=O)O)cc3)C2=O)SC1=S)Nc1ccc(C(=O)O)cc1. The van der Waals surface area contributed by atoms with Crippen molar-refractivity contribution in [2.75, 3.05) is 23.7 Å². The van der Waals surface area contributed by atoms with Crippen molar-refractivity contribution in [2.45, 2.75) is 12.8 Å². The molecule has 0 aliphatic carbocycles. The van der Waals surface area contributed by atoms with Crippen LogP contribution in [0.15, 0.2) is 58.3 Å². The molecule has 0 aromatic heterocycles. The molecule has 16 heteroatoms. The number of hydrogen-bond donors (Lipinski definition) is 4. The van der Waals surface area contributed by atoms with Crippen LogP contribution in [0.5, 0.6) is 0 Å². The molecule has 4 rings (SSSR count). The number of benzene rings is 2. The van der Waals surface area contributed by atoms with E-state index < -0.39 is 35.6 Å². The van der Waals surface area contributed by atoms with Crippen LogP contribution in [0, 0.1) is 0 Å². The largest absolute Gasteiger partial charge is 0.478 e. The molecule has 2 heterocycles. The van der Waals surface area contributed by atoms with Gasteiger partial charge in [-0.1, -0.05) is 48.0 Å². The van der Waals surface area contributed by atoms with E-state index >= 15 is 0 Å². The number of thioether (sulfide) groups is 2. The number of carbonyl (C=O) groups excluding carboxylic acids is 4. The van der Waals surface area contributed by atoms with Gasteiger partial charge in [0.1, 0.15) is 8.64 Å². The van der Waals surface area contributed by atoms with E-state index in [2.05, 4.69) is 10.6 Å². The maximum absolute atomic E-state index is 13.1. The summed E-state index contributed by atoms with van der Waals surface area (Å²) in [5.74, 6) is -4.10. The Morgan fingerprint density at radius 2 is 0.976 bits per heavy atom. The summed E-state index contributed by atoms with van der Waals surface area (Å²) in [6.45, 7) is -0.0811. The molecule has 2 aromatic carbocycles. The highest BCUT2D eigenvalue weighted by atomic mass is 32.2. The minimum absolute atomic E-state index is 0.0406. The number of nitrogens with zero attached hydrogens (tertiary/aromatic N) is 2. The number of hydrogen-bond acceptors (Lipinski definition) is 10. The van der Waals surface area contributed by atoms with Crippen molar-refractivity contribution >= 4 is 104 Å².